The van der Waals surface area contributed by atoms with Gasteiger partial charge in [-0.05, 0) is 31.6 Å². The fourth-order valence-electron chi connectivity index (χ4n) is 3.36. The Morgan fingerprint density at radius 3 is 2.91 bits per heavy atom. The van der Waals surface area contributed by atoms with Gasteiger partial charge in [0.05, 0.1) is 12.1 Å². The summed E-state index contributed by atoms with van der Waals surface area (Å²) >= 11 is 0. The molecule has 1 spiro atoms. The van der Waals surface area contributed by atoms with Crippen LogP contribution in [0.1, 0.15) is 57.7 Å². The van der Waals surface area contributed by atoms with Crippen LogP contribution in [0.15, 0.2) is 4.52 Å². The normalized spacial score (nSPS) is 26.1. The molecule has 0 saturated carbocycles. The zero-order chi connectivity index (χ0) is 15.6. The number of rotatable bonds is 4. The molecule has 3 rings (SSSR count). The molecule has 22 heavy (non-hydrogen) atoms. The van der Waals surface area contributed by atoms with Crippen LogP contribution < -0.4 is 0 Å². The lowest BCUT2D eigenvalue weighted by Crippen LogP contribution is -2.32. The Morgan fingerprint density at radius 2 is 2.18 bits per heavy atom. The summed E-state index contributed by atoms with van der Waals surface area (Å²) in [6, 6.07) is 0. The van der Waals surface area contributed by atoms with Gasteiger partial charge < -0.3 is 14.2 Å². The molecule has 0 aromatic carbocycles. The van der Waals surface area contributed by atoms with Crippen LogP contribution in [0.3, 0.4) is 0 Å². The number of likely N-dealkylation sites (tertiary alicyclic amines) is 1. The largest absolute Gasteiger partial charge is 0.375 e. The lowest BCUT2D eigenvalue weighted by molar-refractivity contribution is -0.131. The van der Waals surface area contributed by atoms with Gasteiger partial charge in [0, 0.05) is 26.0 Å². The molecule has 0 N–H and O–H groups in total. The Balaban J connectivity index is 1.61. The van der Waals surface area contributed by atoms with E-state index in [-0.39, 0.29) is 11.5 Å². The minimum Gasteiger partial charge on any atom is -0.375 e. The Hall–Kier alpha value is -1.43. The van der Waals surface area contributed by atoms with Crippen LogP contribution in [0.5, 0.6) is 0 Å². The number of nitrogens with zero attached hydrogens (tertiary/aromatic N) is 3. The third-order valence-electron chi connectivity index (χ3n) is 4.59. The van der Waals surface area contributed by atoms with E-state index in [9.17, 15) is 4.79 Å². The van der Waals surface area contributed by atoms with Crippen molar-refractivity contribution in [2.75, 3.05) is 13.2 Å². The first-order valence-corrected chi connectivity index (χ1v) is 8.29. The van der Waals surface area contributed by atoms with Crippen LogP contribution >= 0.6 is 0 Å². The standard InChI is InChI=1S/C16H25N3O3/c1-12(2)10-14-17-13(18-22-14)11-19-8-7-16(5-3-9-21-16)6-4-15(19)20/h12H,3-11H2,1-2H3/t16-/m1/s1. The van der Waals surface area contributed by atoms with Crippen molar-refractivity contribution in [3.63, 3.8) is 0 Å². The van der Waals surface area contributed by atoms with Crippen LogP contribution in [0, 0.1) is 5.92 Å². The van der Waals surface area contributed by atoms with Crippen molar-refractivity contribution in [3.05, 3.63) is 11.7 Å². The molecule has 1 aromatic heterocycles. The number of carbonyl (C=O) groups excluding carboxylic acids is 1. The number of hydrogen-bond donors (Lipinski definition) is 0. The molecule has 1 atom stereocenters. The van der Waals surface area contributed by atoms with E-state index in [1.54, 1.807) is 0 Å². The number of carbonyl (C=O) groups is 1. The van der Waals surface area contributed by atoms with Gasteiger partial charge in [-0.1, -0.05) is 19.0 Å². The highest BCUT2D eigenvalue weighted by Crippen LogP contribution is 2.36. The minimum absolute atomic E-state index is 0.0650. The predicted molar refractivity (Wildman–Crippen MR) is 80.0 cm³/mol. The van der Waals surface area contributed by atoms with Crippen molar-refractivity contribution in [2.45, 2.75) is 64.5 Å². The van der Waals surface area contributed by atoms with Crippen LogP contribution in [-0.4, -0.2) is 39.7 Å². The Labute approximate surface area is 131 Å². The highest BCUT2D eigenvalue weighted by atomic mass is 16.5. The van der Waals surface area contributed by atoms with E-state index in [1.807, 2.05) is 4.90 Å². The van der Waals surface area contributed by atoms with Crippen LogP contribution in [0.2, 0.25) is 0 Å². The summed E-state index contributed by atoms with van der Waals surface area (Å²) in [5.74, 6) is 1.91. The van der Waals surface area contributed by atoms with Gasteiger partial charge in [-0.15, -0.1) is 0 Å². The van der Waals surface area contributed by atoms with Gasteiger partial charge in [0.1, 0.15) is 0 Å². The lowest BCUT2D eigenvalue weighted by Gasteiger charge is -2.26. The second-order valence-corrected chi connectivity index (χ2v) is 6.90. The Kier molecular flexibility index (Phi) is 4.47. The summed E-state index contributed by atoms with van der Waals surface area (Å²) in [6.45, 7) is 6.22. The molecule has 3 heterocycles. The van der Waals surface area contributed by atoms with Crippen molar-refractivity contribution >= 4 is 5.91 Å². The van der Waals surface area contributed by atoms with Crippen LogP contribution in [0.25, 0.3) is 0 Å². The van der Waals surface area contributed by atoms with Crippen molar-refractivity contribution in [2.24, 2.45) is 5.92 Å². The van der Waals surface area contributed by atoms with Crippen LogP contribution in [-0.2, 0) is 22.5 Å². The van der Waals surface area contributed by atoms with E-state index in [4.69, 9.17) is 9.26 Å². The summed E-state index contributed by atoms with van der Waals surface area (Å²) in [6.07, 6.45) is 5.27. The van der Waals surface area contributed by atoms with Crippen molar-refractivity contribution in [1.82, 2.24) is 15.0 Å². The van der Waals surface area contributed by atoms with Gasteiger partial charge in [0.15, 0.2) is 5.82 Å². The fourth-order valence-corrected chi connectivity index (χ4v) is 3.36. The zero-order valence-electron chi connectivity index (χ0n) is 13.5. The van der Waals surface area contributed by atoms with Crippen LogP contribution in [0.4, 0.5) is 0 Å². The Morgan fingerprint density at radius 1 is 1.32 bits per heavy atom. The molecule has 2 saturated heterocycles. The van der Waals surface area contributed by atoms with Gasteiger partial charge >= 0.3 is 0 Å². The highest BCUT2D eigenvalue weighted by molar-refractivity contribution is 5.76. The van der Waals surface area contributed by atoms with E-state index in [0.717, 1.165) is 38.7 Å². The second kappa shape index (κ2) is 6.36. The smallest absolute Gasteiger partial charge is 0.226 e. The number of ether oxygens (including phenoxy) is 1. The Bertz CT molecular complexity index is 520. The first kappa shape index (κ1) is 15.5. The summed E-state index contributed by atoms with van der Waals surface area (Å²) in [5, 5.41) is 4.01. The van der Waals surface area contributed by atoms with E-state index < -0.39 is 0 Å². The van der Waals surface area contributed by atoms with Crippen molar-refractivity contribution < 1.29 is 14.1 Å². The number of amides is 1. The monoisotopic (exact) mass is 307 g/mol. The molecule has 122 valence electrons. The predicted octanol–water partition coefficient (Wildman–Crippen LogP) is 2.33. The molecule has 1 aromatic rings. The van der Waals surface area contributed by atoms with Gasteiger partial charge in [-0.2, -0.15) is 4.98 Å². The topological polar surface area (TPSA) is 68.5 Å². The molecule has 6 heteroatoms. The maximum Gasteiger partial charge on any atom is 0.226 e. The van der Waals surface area contributed by atoms with E-state index in [0.29, 0.717) is 37.1 Å². The lowest BCUT2D eigenvalue weighted by atomic mass is 9.92. The average molecular weight is 307 g/mol. The summed E-state index contributed by atoms with van der Waals surface area (Å²) in [7, 11) is 0. The van der Waals surface area contributed by atoms with E-state index in [1.165, 1.54) is 0 Å². The first-order valence-electron chi connectivity index (χ1n) is 8.29. The SMILES string of the molecule is CC(C)Cc1nc(CN2CC[C@@]3(CCCO3)CCC2=O)no1. The third kappa shape index (κ3) is 3.48. The maximum absolute atomic E-state index is 12.3. The molecular formula is C16H25N3O3. The molecule has 2 aliphatic rings. The molecule has 0 unspecified atom stereocenters. The van der Waals surface area contributed by atoms with Gasteiger partial charge in [-0.3, -0.25) is 4.79 Å². The number of aromatic nitrogens is 2. The van der Waals surface area contributed by atoms with E-state index in [2.05, 4.69) is 24.0 Å². The molecular weight excluding hydrogens is 282 g/mol. The van der Waals surface area contributed by atoms with Gasteiger partial charge in [0.2, 0.25) is 11.8 Å². The molecule has 0 bridgehead atoms. The molecule has 0 aliphatic carbocycles. The maximum atomic E-state index is 12.3. The zero-order valence-corrected chi connectivity index (χ0v) is 13.5. The summed E-state index contributed by atoms with van der Waals surface area (Å²) < 4.78 is 11.2. The minimum atomic E-state index is -0.0650. The molecule has 2 fully saturated rings. The van der Waals surface area contributed by atoms with E-state index >= 15 is 0 Å². The highest BCUT2D eigenvalue weighted by Gasteiger charge is 2.38. The summed E-state index contributed by atoms with van der Waals surface area (Å²) in [4.78, 5) is 18.6. The fraction of sp³-hybridized carbons (Fsp3) is 0.812. The third-order valence-corrected chi connectivity index (χ3v) is 4.59. The number of hydrogen-bond acceptors (Lipinski definition) is 5. The first-order chi connectivity index (χ1) is 10.6. The quantitative estimate of drug-likeness (QED) is 0.854. The summed E-state index contributed by atoms with van der Waals surface area (Å²) in [5.41, 5.74) is -0.0650. The average Bonchev–Trinajstić information content (AvgIpc) is 3.07. The molecule has 2 aliphatic heterocycles. The molecule has 0 radical (unpaired) electrons. The second-order valence-electron chi connectivity index (χ2n) is 6.90. The van der Waals surface area contributed by atoms with Gasteiger partial charge in [-0.25, -0.2) is 0 Å². The molecule has 6 nitrogen and oxygen atoms in total. The molecule has 1 amide bonds. The van der Waals surface area contributed by atoms with Crippen molar-refractivity contribution in [3.8, 4) is 0 Å². The van der Waals surface area contributed by atoms with Gasteiger partial charge in [0.25, 0.3) is 0 Å². The van der Waals surface area contributed by atoms with Crippen molar-refractivity contribution in [1.29, 1.82) is 0 Å².